The number of nitrogens with one attached hydrogen (secondary N) is 1. The average molecular weight is 325 g/mol. The third-order valence-electron chi connectivity index (χ3n) is 4.08. The van der Waals surface area contributed by atoms with Crippen LogP contribution >= 0.6 is 15.9 Å². The fourth-order valence-electron chi connectivity index (χ4n) is 2.99. The number of ether oxygens (including phenoxy) is 1. The van der Waals surface area contributed by atoms with E-state index in [1.165, 1.54) is 0 Å². The molecule has 0 bridgehead atoms. The smallest absolute Gasteiger partial charge is 0.255 e. The van der Waals surface area contributed by atoms with E-state index in [0.717, 1.165) is 30.7 Å². The van der Waals surface area contributed by atoms with Crippen molar-refractivity contribution < 1.29 is 9.53 Å². The molecule has 1 aromatic carbocycles. The van der Waals surface area contributed by atoms with Crippen LogP contribution < -0.4 is 10.1 Å². The van der Waals surface area contributed by atoms with E-state index in [4.69, 9.17) is 4.74 Å². The number of rotatable bonds is 2. The summed E-state index contributed by atoms with van der Waals surface area (Å²) in [6, 6.07) is 5.52. The Bertz CT molecular complexity index is 494. The molecule has 1 N–H and O–H groups in total. The summed E-state index contributed by atoms with van der Waals surface area (Å²) in [4.78, 5) is 14.6. The fourth-order valence-corrected chi connectivity index (χ4v) is 3.40. The molecular weight excluding hydrogens is 308 g/mol. The van der Waals surface area contributed by atoms with Gasteiger partial charge in [0.2, 0.25) is 0 Å². The van der Waals surface area contributed by atoms with Crippen molar-refractivity contribution in [3.05, 3.63) is 28.2 Å². The molecule has 0 radical (unpaired) electrons. The Hall–Kier alpha value is -1.07. The van der Waals surface area contributed by atoms with Gasteiger partial charge in [0.1, 0.15) is 5.75 Å². The first-order valence-corrected chi connectivity index (χ1v) is 7.32. The lowest BCUT2D eigenvalue weighted by atomic mass is 10.0. The summed E-state index contributed by atoms with van der Waals surface area (Å²) in [5.74, 6) is 2.05. The summed E-state index contributed by atoms with van der Waals surface area (Å²) >= 11 is 3.45. The van der Waals surface area contributed by atoms with Crippen LogP contribution in [0.25, 0.3) is 0 Å². The normalized spacial score (nSPS) is 25.5. The van der Waals surface area contributed by atoms with Crippen LogP contribution in [0.5, 0.6) is 5.75 Å². The van der Waals surface area contributed by atoms with Gasteiger partial charge in [-0.2, -0.15) is 0 Å². The van der Waals surface area contributed by atoms with E-state index >= 15 is 0 Å². The van der Waals surface area contributed by atoms with Crippen LogP contribution in [0.15, 0.2) is 22.7 Å². The molecule has 1 aromatic rings. The van der Waals surface area contributed by atoms with Gasteiger partial charge in [-0.25, -0.2) is 0 Å². The molecule has 1 amide bonds. The maximum absolute atomic E-state index is 12.6. The van der Waals surface area contributed by atoms with Crippen molar-refractivity contribution in [2.24, 2.45) is 11.8 Å². The Balaban J connectivity index is 1.80. The standard InChI is InChI=1S/C14H17BrN2O2/c1-19-11-2-3-13(15)12(4-11)14(18)17-7-9-5-16-6-10(9)8-17/h2-4,9-10,16H,5-8H2,1H3/t9-,10+. The minimum atomic E-state index is 0.0974. The van der Waals surface area contributed by atoms with Crippen LogP contribution in [-0.4, -0.2) is 44.1 Å². The Labute approximate surface area is 121 Å². The van der Waals surface area contributed by atoms with Gasteiger partial charge >= 0.3 is 0 Å². The quantitative estimate of drug-likeness (QED) is 0.901. The second-order valence-electron chi connectivity index (χ2n) is 5.23. The summed E-state index contributed by atoms with van der Waals surface area (Å²) in [6.07, 6.45) is 0. The van der Waals surface area contributed by atoms with E-state index < -0.39 is 0 Å². The summed E-state index contributed by atoms with van der Waals surface area (Å²) in [5, 5.41) is 3.39. The van der Waals surface area contributed by atoms with Gasteiger partial charge < -0.3 is 15.0 Å². The van der Waals surface area contributed by atoms with E-state index in [0.29, 0.717) is 23.1 Å². The number of hydrogen-bond acceptors (Lipinski definition) is 3. The van der Waals surface area contributed by atoms with Crippen molar-refractivity contribution in [3.8, 4) is 5.75 Å². The zero-order chi connectivity index (χ0) is 13.4. The topological polar surface area (TPSA) is 41.6 Å². The zero-order valence-corrected chi connectivity index (χ0v) is 12.4. The number of benzene rings is 1. The predicted molar refractivity (Wildman–Crippen MR) is 76.4 cm³/mol. The third kappa shape index (κ3) is 2.37. The molecule has 2 aliphatic heterocycles. The van der Waals surface area contributed by atoms with Crippen LogP contribution in [-0.2, 0) is 0 Å². The first-order valence-electron chi connectivity index (χ1n) is 6.52. The molecule has 0 aliphatic carbocycles. The van der Waals surface area contributed by atoms with E-state index in [9.17, 15) is 4.79 Å². The minimum Gasteiger partial charge on any atom is -0.497 e. The zero-order valence-electron chi connectivity index (χ0n) is 10.9. The predicted octanol–water partition coefficient (Wildman–Crippen LogP) is 1.75. The van der Waals surface area contributed by atoms with Crippen molar-refractivity contribution in [1.82, 2.24) is 10.2 Å². The molecule has 102 valence electrons. The highest BCUT2D eigenvalue weighted by molar-refractivity contribution is 9.10. The number of hydrogen-bond donors (Lipinski definition) is 1. The lowest BCUT2D eigenvalue weighted by Gasteiger charge is -2.18. The van der Waals surface area contributed by atoms with Crippen molar-refractivity contribution in [2.75, 3.05) is 33.3 Å². The highest BCUT2D eigenvalue weighted by atomic mass is 79.9. The first kappa shape index (κ1) is 12.9. The van der Waals surface area contributed by atoms with E-state index in [2.05, 4.69) is 21.2 Å². The van der Waals surface area contributed by atoms with E-state index in [1.54, 1.807) is 13.2 Å². The molecule has 2 aliphatic rings. The van der Waals surface area contributed by atoms with Crippen LogP contribution in [0.4, 0.5) is 0 Å². The SMILES string of the molecule is COc1ccc(Br)c(C(=O)N2C[C@H]3CNC[C@H]3C2)c1. The molecule has 2 saturated heterocycles. The summed E-state index contributed by atoms with van der Waals surface area (Å²) in [5.41, 5.74) is 0.687. The van der Waals surface area contributed by atoms with Gasteiger partial charge in [-0.1, -0.05) is 0 Å². The number of likely N-dealkylation sites (tertiary alicyclic amines) is 1. The van der Waals surface area contributed by atoms with E-state index in [1.807, 2.05) is 17.0 Å². The van der Waals surface area contributed by atoms with Gasteiger partial charge in [-0.15, -0.1) is 0 Å². The summed E-state index contributed by atoms with van der Waals surface area (Å²) in [6.45, 7) is 3.79. The highest BCUT2D eigenvalue weighted by Gasteiger charge is 2.38. The Kier molecular flexibility index (Phi) is 3.50. The third-order valence-corrected chi connectivity index (χ3v) is 4.77. The Morgan fingerprint density at radius 2 is 2.05 bits per heavy atom. The molecule has 19 heavy (non-hydrogen) atoms. The van der Waals surface area contributed by atoms with Crippen LogP contribution in [0, 0.1) is 11.8 Å². The maximum Gasteiger partial charge on any atom is 0.255 e. The highest BCUT2D eigenvalue weighted by Crippen LogP contribution is 2.30. The van der Waals surface area contributed by atoms with Crippen molar-refractivity contribution in [1.29, 1.82) is 0 Å². The molecule has 0 spiro atoms. The number of amides is 1. The number of fused-ring (bicyclic) bond motifs is 1. The number of carbonyl (C=O) groups is 1. The van der Waals surface area contributed by atoms with Gasteiger partial charge in [-0.05, 0) is 46.0 Å². The number of halogens is 1. The first-order chi connectivity index (χ1) is 9.19. The van der Waals surface area contributed by atoms with Crippen molar-refractivity contribution >= 4 is 21.8 Å². The van der Waals surface area contributed by atoms with Crippen LogP contribution in [0.1, 0.15) is 10.4 Å². The second kappa shape index (κ2) is 5.13. The molecular formula is C14H17BrN2O2. The fraction of sp³-hybridized carbons (Fsp3) is 0.500. The lowest BCUT2D eigenvalue weighted by molar-refractivity contribution is 0.0780. The van der Waals surface area contributed by atoms with Gasteiger partial charge in [0, 0.05) is 30.7 Å². The Morgan fingerprint density at radius 1 is 1.37 bits per heavy atom. The van der Waals surface area contributed by atoms with Gasteiger partial charge in [-0.3, -0.25) is 4.79 Å². The van der Waals surface area contributed by atoms with Crippen LogP contribution in [0.2, 0.25) is 0 Å². The minimum absolute atomic E-state index is 0.0974. The number of methoxy groups -OCH3 is 1. The molecule has 0 saturated carbocycles. The summed E-state index contributed by atoms with van der Waals surface area (Å²) < 4.78 is 6.02. The lowest BCUT2D eigenvalue weighted by Crippen LogP contribution is -2.32. The maximum atomic E-state index is 12.6. The molecule has 2 fully saturated rings. The van der Waals surface area contributed by atoms with Crippen LogP contribution in [0.3, 0.4) is 0 Å². The molecule has 5 heteroatoms. The monoisotopic (exact) mass is 324 g/mol. The molecule has 2 atom stereocenters. The molecule has 0 unspecified atom stereocenters. The summed E-state index contributed by atoms with van der Waals surface area (Å²) in [7, 11) is 1.61. The molecule has 2 heterocycles. The van der Waals surface area contributed by atoms with Gasteiger partial charge in [0.25, 0.3) is 5.91 Å². The largest absolute Gasteiger partial charge is 0.497 e. The molecule has 3 rings (SSSR count). The Morgan fingerprint density at radius 3 is 2.68 bits per heavy atom. The van der Waals surface area contributed by atoms with Crippen molar-refractivity contribution in [3.63, 3.8) is 0 Å². The number of nitrogens with zero attached hydrogens (tertiary/aromatic N) is 1. The van der Waals surface area contributed by atoms with E-state index in [-0.39, 0.29) is 5.91 Å². The number of carbonyl (C=O) groups excluding carboxylic acids is 1. The second-order valence-corrected chi connectivity index (χ2v) is 6.09. The van der Waals surface area contributed by atoms with Gasteiger partial charge in [0.05, 0.1) is 12.7 Å². The average Bonchev–Trinajstić information content (AvgIpc) is 2.99. The van der Waals surface area contributed by atoms with Gasteiger partial charge in [0.15, 0.2) is 0 Å². The molecule has 0 aromatic heterocycles. The molecule has 4 nitrogen and oxygen atoms in total. The van der Waals surface area contributed by atoms with Crippen molar-refractivity contribution in [2.45, 2.75) is 0 Å².